The summed E-state index contributed by atoms with van der Waals surface area (Å²) in [6.45, 7) is 5.47. The van der Waals surface area contributed by atoms with E-state index in [1.165, 1.54) is 18.5 Å². The van der Waals surface area contributed by atoms with Crippen LogP contribution in [0.3, 0.4) is 0 Å². The molecule has 1 fully saturated rings. The number of likely N-dealkylation sites (N-methyl/N-ethyl adjacent to an activating group) is 1. The van der Waals surface area contributed by atoms with Crippen molar-refractivity contribution in [1.82, 2.24) is 29.4 Å². The SMILES string of the molecule is Cc1ccc(NC(=O)c2cccc(C(F)(F)F)c2)c(Nc2nc3ccccc3n2-c2cc(NN3CCN(C)CC3)ncn2)c1. The van der Waals surface area contributed by atoms with Crippen LogP contribution in [-0.2, 0) is 6.18 Å². The minimum Gasteiger partial charge on any atom is -0.323 e. The van der Waals surface area contributed by atoms with Crippen molar-refractivity contribution in [2.24, 2.45) is 0 Å². The number of anilines is 4. The first-order valence-corrected chi connectivity index (χ1v) is 14.0. The number of fused-ring (bicyclic) bond motifs is 1. The lowest BCUT2D eigenvalue weighted by molar-refractivity contribution is -0.137. The van der Waals surface area contributed by atoms with Crippen LogP contribution in [0.4, 0.5) is 36.3 Å². The van der Waals surface area contributed by atoms with E-state index in [1.54, 1.807) is 12.1 Å². The van der Waals surface area contributed by atoms with E-state index in [1.807, 2.05) is 47.9 Å². The fourth-order valence-corrected chi connectivity index (χ4v) is 4.97. The van der Waals surface area contributed by atoms with Crippen molar-refractivity contribution < 1.29 is 18.0 Å². The molecule has 0 atom stereocenters. The normalized spacial score (nSPS) is 14.5. The van der Waals surface area contributed by atoms with E-state index in [-0.39, 0.29) is 5.56 Å². The minimum atomic E-state index is -4.56. The van der Waals surface area contributed by atoms with E-state index in [2.05, 4.69) is 43.0 Å². The van der Waals surface area contributed by atoms with Gasteiger partial charge in [-0.2, -0.15) is 13.2 Å². The van der Waals surface area contributed by atoms with Gasteiger partial charge in [0.15, 0.2) is 0 Å². The molecule has 1 amide bonds. The summed E-state index contributed by atoms with van der Waals surface area (Å²) in [5, 5.41) is 8.20. The van der Waals surface area contributed by atoms with Crippen molar-refractivity contribution in [3.05, 3.63) is 95.8 Å². The molecule has 1 aliphatic heterocycles. The summed E-state index contributed by atoms with van der Waals surface area (Å²) in [7, 11) is 2.09. The Kier molecular flexibility index (Phi) is 7.89. The van der Waals surface area contributed by atoms with E-state index in [4.69, 9.17) is 4.98 Å². The summed E-state index contributed by atoms with van der Waals surface area (Å²) >= 11 is 0. The van der Waals surface area contributed by atoms with E-state index < -0.39 is 17.6 Å². The monoisotopic (exact) mass is 601 g/mol. The van der Waals surface area contributed by atoms with Gasteiger partial charge in [-0.25, -0.2) is 20.0 Å². The zero-order valence-corrected chi connectivity index (χ0v) is 24.1. The quantitative estimate of drug-likeness (QED) is 0.218. The van der Waals surface area contributed by atoms with Crippen LogP contribution in [0, 0.1) is 6.92 Å². The lowest BCUT2D eigenvalue weighted by Gasteiger charge is -2.32. The molecule has 0 bridgehead atoms. The third kappa shape index (κ3) is 6.33. The Balaban J connectivity index is 1.32. The number of imidazole rings is 1. The van der Waals surface area contributed by atoms with Gasteiger partial charge in [0, 0.05) is 37.8 Å². The van der Waals surface area contributed by atoms with E-state index in [0.29, 0.717) is 34.5 Å². The number of hydrogen-bond acceptors (Lipinski definition) is 8. The number of para-hydroxylation sites is 2. The van der Waals surface area contributed by atoms with Crippen molar-refractivity contribution in [1.29, 1.82) is 0 Å². The molecule has 1 saturated heterocycles. The van der Waals surface area contributed by atoms with Crippen LogP contribution in [0.2, 0.25) is 0 Å². The van der Waals surface area contributed by atoms with Gasteiger partial charge < -0.3 is 21.0 Å². The first kappa shape index (κ1) is 29.1. The van der Waals surface area contributed by atoms with E-state index in [0.717, 1.165) is 49.4 Å². The second-order valence-corrected chi connectivity index (χ2v) is 10.6. The van der Waals surface area contributed by atoms with Gasteiger partial charge in [0.1, 0.15) is 18.0 Å². The standard InChI is InChI=1S/C31H30F3N9O/c1-20-10-11-23(37-29(44)21-6-5-7-22(17-21)31(32,33)34)25(16-20)39-30-38-24-8-3-4-9-26(24)43(30)28-18-27(35-19-36-28)40-42-14-12-41(2)13-15-42/h3-11,16-19H,12-15H2,1-2H3,(H,37,44)(H,38,39)(H,35,36,40). The average Bonchev–Trinajstić information content (AvgIpc) is 3.37. The lowest BCUT2D eigenvalue weighted by atomic mass is 10.1. The molecule has 226 valence electrons. The maximum absolute atomic E-state index is 13.3. The van der Waals surface area contributed by atoms with Gasteiger partial charge in [-0.3, -0.25) is 9.36 Å². The molecule has 5 aromatic rings. The first-order valence-electron chi connectivity index (χ1n) is 14.0. The van der Waals surface area contributed by atoms with Gasteiger partial charge in [0.25, 0.3) is 5.91 Å². The van der Waals surface area contributed by atoms with Crippen LogP contribution < -0.4 is 16.1 Å². The van der Waals surface area contributed by atoms with Gasteiger partial charge in [0.2, 0.25) is 5.95 Å². The number of carbonyl (C=O) groups is 1. The smallest absolute Gasteiger partial charge is 0.323 e. The molecule has 3 aromatic carbocycles. The second-order valence-electron chi connectivity index (χ2n) is 10.6. The van der Waals surface area contributed by atoms with Crippen LogP contribution >= 0.6 is 0 Å². The van der Waals surface area contributed by atoms with Gasteiger partial charge in [-0.1, -0.05) is 24.3 Å². The summed E-state index contributed by atoms with van der Waals surface area (Å²) < 4.78 is 41.6. The Morgan fingerprint density at radius 1 is 0.886 bits per heavy atom. The third-order valence-corrected chi connectivity index (χ3v) is 7.34. The number of amides is 1. The third-order valence-electron chi connectivity index (χ3n) is 7.34. The fraction of sp³-hybridized carbons (Fsp3) is 0.226. The number of aryl methyl sites for hydroxylation is 1. The number of benzene rings is 3. The molecular formula is C31H30F3N9O. The van der Waals surface area contributed by atoms with Crippen LogP contribution in [0.5, 0.6) is 0 Å². The molecule has 0 aliphatic carbocycles. The molecule has 6 rings (SSSR count). The molecule has 10 nitrogen and oxygen atoms in total. The number of alkyl halides is 3. The highest BCUT2D eigenvalue weighted by molar-refractivity contribution is 6.06. The molecule has 0 spiro atoms. The molecule has 2 aromatic heterocycles. The van der Waals surface area contributed by atoms with Crippen LogP contribution in [0.15, 0.2) is 79.1 Å². The van der Waals surface area contributed by atoms with Crippen molar-refractivity contribution in [2.75, 3.05) is 49.3 Å². The number of piperazine rings is 1. The predicted molar refractivity (Wildman–Crippen MR) is 163 cm³/mol. The Hall–Kier alpha value is -5.01. The highest BCUT2D eigenvalue weighted by Crippen LogP contribution is 2.32. The number of halogens is 3. The minimum absolute atomic E-state index is 0.111. The molecule has 44 heavy (non-hydrogen) atoms. The summed E-state index contributed by atoms with van der Waals surface area (Å²) in [6, 6.07) is 19.1. The molecule has 3 N–H and O–H groups in total. The maximum atomic E-state index is 13.3. The number of carbonyl (C=O) groups excluding carboxylic acids is 1. The average molecular weight is 602 g/mol. The Morgan fingerprint density at radius 2 is 1.68 bits per heavy atom. The molecule has 3 heterocycles. The highest BCUT2D eigenvalue weighted by Gasteiger charge is 2.31. The lowest BCUT2D eigenvalue weighted by Crippen LogP contribution is -2.47. The number of nitrogens with one attached hydrogen (secondary N) is 3. The molecule has 0 saturated carbocycles. The van der Waals surface area contributed by atoms with Crippen molar-refractivity contribution >= 4 is 40.1 Å². The number of hydrazine groups is 1. The Morgan fingerprint density at radius 3 is 2.48 bits per heavy atom. The predicted octanol–water partition coefficient (Wildman–Crippen LogP) is 5.71. The number of nitrogens with zero attached hydrogens (tertiary/aromatic N) is 6. The van der Waals surface area contributed by atoms with E-state index in [9.17, 15) is 18.0 Å². The molecule has 13 heteroatoms. The highest BCUT2D eigenvalue weighted by atomic mass is 19.4. The van der Waals surface area contributed by atoms with Crippen LogP contribution in [0.1, 0.15) is 21.5 Å². The van der Waals surface area contributed by atoms with Crippen molar-refractivity contribution in [3.8, 4) is 5.82 Å². The maximum Gasteiger partial charge on any atom is 0.416 e. The van der Waals surface area contributed by atoms with Gasteiger partial charge >= 0.3 is 6.18 Å². The molecule has 0 unspecified atom stereocenters. The summed E-state index contributed by atoms with van der Waals surface area (Å²) in [5.41, 5.74) is 5.64. The molecule has 1 aliphatic rings. The second kappa shape index (κ2) is 11.9. The van der Waals surface area contributed by atoms with Crippen LogP contribution in [-0.4, -0.2) is 68.6 Å². The Labute approximate surface area is 251 Å². The molecule has 0 radical (unpaired) electrons. The number of hydrogen-bond donors (Lipinski definition) is 3. The van der Waals surface area contributed by atoms with Crippen molar-refractivity contribution in [2.45, 2.75) is 13.1 Å². The fourth-order valence-electron chi connectivity index (χ4n) is 4.97. The number of aromatic nitrogens is 4. The number of rotatable bonds is 7. The largest absolute Gasteiger partial charge is 0.416 e. The summed E-state index contributed by atoms with van der Waals surface area (Å²) in [5.74, 6) is 0.949. The first-order chi connectivity index (χ1) is 21.1. The Bertz CT molecular complexity index is 1810. The van der Waals surface area contributed by atoms with Crippen LogP contribution in [0.25, 0.3) is 16.9 Å². The van der Waals surface area contributed by atoms with Gasteiger partial charge in [-0.05, 0) is 62.0 Å². The zero-order chi connectivity index (χ0) is 30.8. The van der Waals surface area contributed by atoms with Gasteiger partial charge in [0.05, 0.1) is 28.0 Å². The van der Waals surface area contributed by atoms with E-state index >= 15 is 0 Å². The van der Waals surface area contributed by atoms with Gasteiger partial charge in [-0.15, -0.1) is 0 Å². The van der Waals surface area contributed by atoms with Crippen molar-refractivity contribution in [3.63, 3.8) is 0 Å². The topological polar surface area (TPSA) is 103 Å². The summed E-state index contributed by atoms with van der Waals surface area (Å²) in [4.78, 5) is 29.1. The zero-order valence-electron chi connectivity index (χ0n) is 24.1. The summed E-state index contributed by atoms with van der Waals surface area (Å²) in [6.07, 6.45) is -3.08. The molecular weight excluding hydrogens is 571 g/mol.